The molecule has 27 heavy (non-hydrogen) atoms. The third-order valence-corrected chi connectivity index (χ3v) is 5.41. The van der Waals surface area contributed by atoms with Gasteiger partial charge >= 0.3 is 0 Å². The Balaban J connectivity index is 1.91. The highest BCUT2D eigenvalue weighted by Gasteiger charge is 2.25. The van der Waals surface area contributed by atoms with Crippen LogP contribution in [0.25, 0.3) is 33.2 Å². The second-order valence-electron chi connectivity index (χ2n) is 6.87. The summed E-state index contributed by atoms with van der Waals surface area (Å²) in [4.78, 5) is 4.65. The van der Waals surface area contributed by atoms with Gasteiger partial charge in [0.15, 0.2) is 0 Å². The number of aromatic nitrogens is 1. The Morgan fingerprint density at radius 2 is 1.59 bits per heavy atom. The van der Waals surface area contributed by atoms with Gasteiger partial charge in [0.05, 0.1) is 5.69 Å². The van der Waals surface area contributed by atoms with Gasteiger partial charge in [-0.05, 0) is 40.3 Å². The molecule has 0 amide bonds. The zero-order chi connectivity index (χ0) is 18.4. The van der Waals surface area contributed by atoms with Gasteiger partial charge in [0.2, 0.25) is 0 Å². The monoisotopic (exact) mass is 347 g/mol. The summed E-state index contributed by atoms with van der Waals surface area (Å²) < 4.78 is 0. The Morgan fingerprint density at radius 1 is 0.852 bits per heavy atom. The van der Waals surface area contributed by atoms with Gasteiger partial charge in [-0.1, -0.05) is 66.7 Å². The van der Waals surface area contributed by atoms with Crippen LogP contribution in [0.5, 0.6) is 0 Å². The topological polar surface area (TPSA) is 62.7 Å². The first-order valence-electron chi connectivity index (χ1n) is 9.07. The van der Waals surface area contributed by atoms with Gasteiger partial charge < -0.3 is 5.73 Å². The number of hydrogen-bond acceptors (Lipinski definition) is 3. The minimum absolute atomic E-state index is 0.302. The van der Waals surface area contributed by atoms with Crippen molar-refractivity contribution in [1.29, 1.82) is 5.26 Å². The molecule has 4 aromatic rings. The molecule has 5 rings (SSSR count). The SMILES string of the molecule is N#Cc1c(N)nc2c(c1-c1cccc3ccccc13)CCc1ccccc1-2. The zero-order valence-corrected chi connectivity index (χ0v) is 14.7. The largest absolute Gasteiger partial charge is 0.383 e. The molecule has 0 saturated heterocycles. The number of aryl methyl sites for hydroxylation is 1. The number of nitrogen functional groups attached to an aromatic ring is 1. The molecule has 1 heterocycles. The maximum Gasteiger partial charge on any atom is 0.142 e. The van der Waals surface area contributed by atoms with Crippen LogP contribution in [-0.4, -0.2) is 4.98 Å². The number of nitriles is 1. The first-order chi connectivity index (χ1) is 13.3. The summed E-state index contributed by atoms with van der Waals surface area (Å²) in [6.07, 6.45) is 1.80. The van der Waals surface area contributed by atoms with Gasteiger partial charge in [-0.25, -0.2) is 4.98 Å². The summed E-state index contributed by atoms with van der Waals surface area (Å²) in [5.41, 5.74) is 13.2. The third kappa shape index (κ3) is 2.31. The molecular formula is C24H17N3. The van der Waals surface area contributed by atoms with Crippen LogP contribution in [0, 0.1) is 11.3 Å². The van der Waals surface area contributed by atoms with E-state index in [0.717, 1.165) is 51.6 Å². The molecule has 0 aliphatic heterocycles. The number of benzene rings is 3. The Labute approximate surface area is 157 Å². The number of nitrogens with zero attached hydrogens (tertiary/aromatic N) is 2. The molecule has 1 aliphatic rings. The first-order valence-corrected chi connectivity index (χ1v) is 9.07. The summed E-state index contributed by atoms with van der Waals surface area (Å²) in [6.45, 7) is 0. The Bertz CT molecular complexity index is 1240. The van der Waals surface area contributed by atoms with Crippen LogP contribution in [0.1, 0.15) is 16.7 Å². The molecule has 0 atom stereocenters. The number of anilines is 1. The van der Waals surface area contributed by atoms with Crippen LogP contribution in [-0.2, 0) is 12.8 Å². The van der Waals surface area contributed by atoms with E-state index in [1.54, 1.807) is 0 Å². The van der Waals surface area contributed by atoms with Crippen molar-refractivity contribution < 1.29 is 0 Å². The molecule has 0 radical (unpaired) electrons. The van der Waals surface area contributed by atoms with Gasteiger partial charge in [0.25, 0.3) is 0 Å². The van der Waals surface area contributed by atoms with Gasteiger partial charge in [-0.3, -0.25) is 0 Å². The molecule has 2 N–H and O–H groups in total. The van der Waals surface area contributed by atoms with E-state index in [4.69, 9.17) is 5.73 Å². The molecule has 0 bridgehead atoms. The van der Waals surface area contributed by atoms with Gasteiger partial charge in [0, 0.05) is 11.1 Å². The summed E-state index contributed by atoms with van der Waals surface area (Å²) in [6, 6.07) is 25.1. The van der Waals surface area contributed by atoms with E-state index < -0.39 is 0 Å². The second kappa shape index (κ2) is 5.96. The predicted octanol–water partition coefficient (Wildman–Crippen LogP) is 5.12. The predicted molar refractivity (Wildman–Crippen MR) is 109 cm³/mol. The summed E-state index contributed by atoms with van der Waals surface area (Å²) in [5, 5.41) is 12.1. The summed E-state index contributed by atoms with van der Waals surface area (Å²) in [5.74, 6) is 0.302. The van der Waals surface area contributed by atoms with Crippen LogP contribution in [0.15, 0.2) is 66.7 Å². The van der Waals surface area contributed by atoms with E-state index in [2.05, 4.69) is 53.5 Å². The van der Waals surface area contributed by atoms with E-state index >= 15 is 0 Å². The Kier molecular flexibility index (Phi) is 3.45. The van der Waals surface area contributed by atoms with Crippen molar-refractivity contribution in [3.63, 3.8) is 0 Å². The highest BCUT2D eigenvalue weighted by atomic mass is 14.9. The molecule has 0 fully saturated rings. The van der Waals surface area contributed by atoms with Gasteiger partial charge in [0.1, 0.15) is 17.5 Å². The molecule has 1 aliphatic carbocycles. The Hall–Kier alpha value is -3.64. The van der Waals surface area contributed by atoms with Crippen LogP contribution in [0.3, 0.4) is 0 Å². The number of fused-ring (bicyclic) bond motifs is 4. The zero-order valence-electron chi connectivity index (χ0n) is 14.7. The number of hydrogen-bond donors (Lipinski definition) is 1. The molecule has 1 aromatic heterocycles. The van der Waals surface area contributed by atoms with Crippen molar-refractivity contribution in [1.82, 2.24) is 4.98 Å². The lowest BCUT2D eigenvalue weighted by atomic mass is 9.82. The second-order valence-corrected chi connectivity index (χ2v) is 6.87. The maximum absolute atomic E-state index is 9.86. The maximum atomic E-state index is 9.86. The van der Waals surface area contributed by atoms with E-state index in [0.29, 0.717) is 11.4 Å². The van der Waals surface area contributed by atoms with Crippen LogP contribution >= 0.6 is 0 Å². The molecule has 128 valence electrons. The molecule has 3 nitrogen and oxygen atoms in total. The lowest BCUT2D eigenvalue weighted by Crippen LogP contribution is -2.11. The average Bonchev–Trinajstić information content (AvgIpc) is 2.72. The van der Waals surface area contributed by atoms with Gasteiger partial charge in [-0.15, -0.1) is 0 Å². The molecule has 0 unspecified atom stereocenters. The molecule has 3 aromatic carbocycles. The lowest BCUT2D eigenvalue weighted by Gasteiger charge is -2.24. The smallest absolute Gasteiger partial charge is 0.142 e. The summed E-state index contributed by atoms with van der Waals surface area (Å²) >= 11 is 0. The van der Waals surface area contributed by atoms with Crippen molar-refractivity contribution in [3.05, 3.63) is 83.4 Å². The van der Waals surface area contributed by atoms with Crippen molar-refractivity contribution in [2.75, 3.05) is 5.73 Å². The number of pyridine rings is 1. The fourth-order valence-electron chi connectivity index (χ4n) is 4.19. The quantitative estimate of drug-likeness (QED) is 0.520. The van der Waals surface area contributed by atoms with Crippen LogP contribution in [0.4, 0.5) is 5.82 Å². The van der Waals surface area contributed by atoms with E-state index in [1.807, 2.05) is 24.3 Å². The Morgan fingerprint density at radius 3 is 2.48 bits per heavy atom. The lowest BCUT2D eigenvalue weighted by molar-refractivity contribution is 0.930. The first kappa shape index (κ1) is 15.6. The average molecular weight is 347 g/mol. The highest BCUT2D eigenvalue weighted by molar-refractivity contribution is 6.00. The fraction of sp³-hybridized carbons (Fsp3) is 0.0833. The highest BCUT2D eigenvalue weighted by Crippen LogP contribution is 2.42. The van der Waals surface area contributed by atoms with Crippen molar-refractivity contribution in [2.24, 2.45) is 0 Å². The summed E-state index contributed by atoms with van der Waals surface area (Å²) in [7, 11) is 0. The fourth-order valence-corrected chi connectivity index (χ4v) is 4.19. The number of nitrogens with two attached hydrogens (primary N) is 1. The van der Waals surface area contributed by atoms with E-state index in [-0.39, 0.29) is 0 Å². The third-order valence-electron chi connectivity index (χ3n) is 5.41. The van der Waals surface area contributed by atoms with E-state index in [1.165, 1.54) is 5.56 Å². The minimum atomic E-state index is 0.302. The normalized spacial score (nSPS) is 12.3. The van der Waals surface area contributed by atoms with Crippen LogP contribution < -0.4 is 5.73 Å². The van der Waals surface area contributed by atoms with E-state index in [9.17, 15) is 5.26 Å². The van der Waals surface area contributed by atoms with Crippen molar-refractivity contribution in [3.8, 4) is 28.5 Å². The van der Waals surface area contributed by atoms with Crippen molar-refractivity contribution in [2.45, 2.75) is 12.8 Å². The van der Waals surface area contributed by atoms with Crippen LogP contribution in [0.2, 0.25) is 0 Å². The van der Waals surface area contributed by atoms with Crippen molar-refractivity contribution >= 4 is 16.6 Å². The molecule has 0 spiro atoms. The minimum Gasteiger partial charge on any atom is -0.383 e. The van der Waals surface area contributed by atoms with Gasteiger partial charge in [-0.2, -0.15) is 5.26 Å². The molecule has 3 heteroatoms. The molecular weight excluding hydrogens is 330 g/mol. The molecule has 0 saturated carbocycles. The standard InChI is InChI=1S/C24H17N3/c25-14-21-22(19-11-5-8-15-6-1-3-9-17(15)19)20-13-12-16-7-2-4-10-18(16)23(20)27-24(21)26/h1-11H,12-13H2,(H2,26,27). The number of rotatable bonds is 1.